The van der Waals surface area contributed by atoms with Crippen LogP contribution in [0.25, 0.3) is 0 Å². The number of likely N-dealkylation sites (tertiary alicyclic amines) is 2. The van der Waals surface area contributed by atoms with Gasteiger partial charge >= 0.3 is 0 Å². The van der Waals surface area contributed by atoms with Crippen molar-refractivity contribution in [1.29, 1.82) is 0 Å². The minimum absolute atomic E-state index is 0.144. The van der Waals surface area contributed by atoms with E-state index in [9.17, 15) is 4.79 Å². The van der Waals surface area contributed by atoms with Crippen molar-refractivity contribution in [2.75, 3.05) is 32.7 Å². The van der Waals surface area contributed by atoms with Gasteiger partial charge in [-0.25, -0.2) is 9.97 Å². The molecule has 0 atom stereocenters. The summed E-state index contributed by atoms with van der Waals surface area (Å²) < 4.78 is 0. The molecular formula is C24H38N4O. The van der Waals surface area contributed by atoms with Gasteiger partial charge in [0.2, 0.25) is 5.91 Å². The van der Waals surface area contributed by atoms with Crippen molar-refractivity contribution in [3.8, 4) is 0 Å². The number of piperidine rings is 1. The normalized spacial score (nSPS) is 22.9. The van der Waals surface area contributed by atoms with Crippen LogP contribution in [0.4, 0.5) is 0 Å². The molecule has 3 heterocycles. The molecule has 2 aliphatic heterocycles. The molecule has 0 N–H and O–H groups in total. The smallest absolute Gasteiger partial charge is 0.225 e. The van der Waals surface area contributed by atoms with E-state index in [1.54, 1.807) is 0 Å². The molecular weight excluding hydrogens is 360 g/mol. The lowest BCUT2D eigenvalue weighted by Crippen LogP contribution is -2.64. The number of carbonyl (C=O) groups is 1. The summed E-state index contributed by atoms with van der Waals surface area (Å²) in [5, 5.41) is 0. The van der Waals surface area contributed by atoms with E-state index in [1.165, 1.54) is 57.3 Å². The third-order valence-corrected chi connectivity index (χ3v) is 7.42. The van der Waals surface area contributed by atoms with Gasteiger partial charge in [-0.2, -0.15) is 0 Å². The molecule has 0 aromatic carbocycles. The van der Waals surface area contributed by atoms with Gasteiger partial charge < -0.3 is 9.80 Å². The minimum Gasteiger partial charge on any atom is -0.341 e. The van der Waals surface area contributed by atoms with Gasteiger partial charge in [0.15, 0.2) is 0 Å². The van der Waals surface area contributed by atoms with Crippen molar-refractivity contribution >= 4 is 5.91 Å². The highest BCUT2D eigenvalue weighted by molar-refractivity contribution is 5.79. The van der Waals surface area contributed by atoms with Crippen LogP contribution in [-0.2, 0) is 4.79 Å². The molecule has 1 aromatic heterocycles. The van der Waals surface area contributed by atoms with Gasteiger partial charge in [-0.1, -0.05) is 27.7 Å². The van der Waals surface area contributed by atoms with E-state index in [0.29, 0.717) is 23.2 Å². The van der Waals surface area contributed by atoms with Crippen LogP contribution in [0.3, 0.4) is 0 Å². The van der Waals surface area contributed by atoms with Crippen molar-refractivity contribution in [3.63, 3.8) is 0 Å². The predicted molar refractivity (Wildman–Crippen MR) is 116 cm³/mol. The summed E-state index contributed by atoms with van der Waals surface area (Å²) in [6.45, 7) is 14.0. The van der Waals surface area contributed by atoms with Crippen molar-refractivity contribution < 1.29 is 4.79 Å². The van der Waals surface area contributed by atoms with Crippen LogP contribution in [0.2, 0.25) is 0 Å². The van der Waals surface area contributed by atoms with Gasteiger partial charge in [-0.05, 0) is 69.1 Å². The monoisotopic (exact) mass is 398 g/mol. The van der Waals surface area contributed by atoms with Gasteiger partial charge in [0.1, 0.15) is 5.82 Å². The fourth-order valence-electron chi connectivity index (χ4n) is 5.62. The fraction of sp³-hybridized carbons (Fsp3) is 0.792. The largest absolute Gasteiger partial charge is 0.341 e. The van der Waals surface area contributed by atoms with Gasteiger partial charge in [0.05, 0.1) is 0 Å². The minimum atomic E-state index is 0.144. The maximum atomic E-state index is 12.1. The first kappa shape index (κ1) is 20.8. The van der Waals surface area contributed by atoms with Crippen molar-refractivity contribution in [2.24, 2.45) is 17.3 Å². The Balaban J connectivity index is 1.13. The Morgan fingerprint density at radius 3 is 2.28 bits per heavy atom. The zero-order valence-electron chi connectivity index (χ0n) is 18.7. The first-order valence-electron chi connectivity index (χ1n) is 11.7. The Labute approximate surface area is 176 Å². The van der Waals surface area contributed by atoms with E-state index in [-0.39, 0.29) is 5.92 Å². The standard InChI is InChI=1S/C24H38N4O/c1-17(2)22-25-13-21(14-26-22)20-6-9-27(10-7-20)8-5-19-11-24(12-19)15-28(16-24)23(29)18(3)4/h13-14,17-20H,5-12,15-16H2,1-4H3. The highest BCUT2D eigenvalue weighted by Crippen LogP contribution is 2.53. The molecule has 1 amide bonds. The predicted octanol–water partition coefficient (Wildman–Crippen LogP) is 4.06. The van der Waals surface area contributed by atoms with Crippen molar-refractivity contribution in [2.45, 2.75) is 71.6 Å². The fourth-order valence-corrected chi connectivity index (χ4v) is 5.62. The molecule has 5 heteroatoms. The Morgan fingerprint density at radius 1 is 1.10 bits per heavy atom. The zero-order valence-corrected chi connectivity index (χ0v) is 18.7. The highest BCUT2D eigenvalue weighted by Gasteiger charge is 2.53. The third kappa shape index (κ3) is 4.50. The summed E-state index contributed by atoms with van der Waals surface area (Å²) in [6, 6.07) is 0. The first-order chi connectivity index (χ1) is 13.8. The lowest BCUT2D eigenvalue weighted by Gasteiger charge is -2.59. The molecule has 1 aliphatic carbocycles. The molecule has 0 radical (unpaired) electrons. The number of carbonyl (C=O) groups excluding carboxylic acids is 1. The molecule has 3 fully saturated rings. The second kappa shape index (κ2) is 8.33. The first-order valence-corrected chi connectivity index (χ1v) is 11.7. The number of nitrogens with zero attached hydrogens (tertiary/aromatic N) is 4. The zero-order chi connectivity index (χ0) is 20.6. The Hall–Kier alpha value is -1.49. The lowest BCUT2D eigenvalue weighted by molar-refractivity contribution is -0.158. The van der Waals surface area contributed by atoms with Crippen LogP contribution in [0.1, 0.15) is 83.0 Å². The van der Waals surface area contributed by atoms with Crippen molar-refractivity contribution in [1.82, 2.24) is 19.8 Å². The average molecular weight is 399 g/mol. The van der Waals surface area contributed by atoms with Crippen LogP contribution in [0.5, 0.6) is 0 Å². The van der Waals surface area contributed by atoms with Crippen molar-refractivity contribution in [3.05, 3.63) is 23.8 Å². The van der Waals surface area contributed by atoms with E-state index < -0.39 is 0 Å². The van der Waals surface area contributed by atoms with E-state index in [4.69, 9.17) is 0 Å². The number of hydrogen-bond acceptors (Lipinski definition) is 4. The van der Waals surface area contributed by atoms with E-state index in [2.05, 4.69) is 46.0 Å². The molecule has 29 heavy (non-hydrogen) atoms. The number of hydrogen-bond donors (Lipinski definition) is 0. The molecule has 1 aromatic rings. The molecule has 4 rings (SSSR count). The molecule has 1 saturated carbocycles. The molecule has 3 aliphatic rings. The van der Waals surface area contributed by atoms with E-state index >= 15 is 0 Å². The Morgan fingerprint density at radius 2 is 1.72 bits per heavy atom. The summed E-state index contributed by atoms with van der Waals surface area (Å²) in [7, 11) is 0. The van der Waals surface area contributed by atoms with Gasteiger partial charge in [0, 0.05) is 42.7 Å². The summed E-state index contributed by atoms with van der Waals surface area (Å²) in [5.74, 6) is 3.33. The molecule has 0 unspecified atom stereocenters. The van der Waals surface area contributed by atoms with Crippen LogP contribution in [0.15, 0.2) is 12.4 Å². The highest BCUT2D eigenvalue weighted by atomic mass is 16.2. The third-order valence-electron chi connectivity index (χ3n) is 7.42. The van der Waals surface area contributed by atoms with Crippen LogP contribution in [-0.4, -0.2) is 58.4 Å². The van der Waals surface area contributed by atoms with Crippen LogP contribution < -0.4 is 0 Å². The van der Waals surface area contributed by atoms with E-state index in [0.717, 1.165) is 24.8 Å². The Kier molecular flexibility index (Phi) is 5.97. The van der Waals surface area contributed by atoms with Crippen LogP contribution in [0, 0.1) is 17.3 Å². The molecule has 1 spiro atoms. The van der Waals surface area contributed by atoms with E-state index in [1.807, 2.05) is 13.8 Å². The average Bonchev–Trinajstić information content (AvgIpc) is 2.65. The van der Waals surface area contributed by atoms with Gasteiger partial charge in [-0.3, -0.25) is 4.79 Å². The Bertz CT molecular complexity index is 692. The number of aromatic nitrogens is 2. The summed E-state index contributed by atoms with van der Waals surface area (Å²) >= 11 is 0. The van der Waals surface area contributed by atoms with Gasteiger partial charge in [0.25, 0.3) is 0 Å². The molecule has 160 valence electrons. The topological polar surface area (TPSA) is 49.3 Å². The molecule has 5 nitrogen and oxygen atoms in total. The quantitative estimate of drug-likeness (QED) is 0.725. The molecule has 2 saturated heterocycles. The SMILES string of the molecule is CC(C)C(=O)N1CC2(CC(CCN3CCC(c4cnc(C(C)C)nc4)CC3)C2)C1. The van der Waals surface area contributed by atoms with Gasteiger partial charge in [-0.15, -0.1) is 0 Å². The summed E-state index contributed by atoms with van der Waals surface area (Å²) in [4.78, 5) is 25.9. The summed E-state index contributed by atoms with van der Waals surface area (Å²) in [6.07, 6.45) is 10.6. The maximum absolute atomic E-state index is 12.1. The second-order valence-electron chi connectivity index (χ2n) is 10.6. The number of amides is 1. The lowest BCUT2D eigenvalue weighted by atomic mass is 9.57. The van der Waals surface area contributed by atoms with Crippen LogP contribution >= 0.6 is 0 Å². The number of rotatable bonds is 6. The molecule has 0 bridgehead atoms. The summed E-state index contributed by atoms with van der Waals surface area (Å²) in [5.41, 5.74) is 1.81. The maximum Gasteiger partial charge on any atom is 0.225 e. The second-order valence-corrected chi connectivity index (χ2v) is 10.6.